The summed E-state index contributed by atoms with van der Waals surface area (Å²) in [5, 5.41) is 0. The van der Waals surface area contributed by atoms with E-state index in [4.69, 9.17) is 10.5 Å². The highest BCUT2D eigenvalue weighted by Crippen LogP contribution is 2.24. The summed E-state index contributed by atoms with van der Waals surface area (Å²) < 4.78 is 5.63. The molecule has 0 saturated heterocycles. The summed E-state index contributed by atoms with van der Waals surface area (Å²) in [6.45, 7) is 8.25. The van der Waals surface area contributed by atoms with Gasteiger partial charge in [0, 0.05) is 13.6 Å². The van der Waals surface area contributed by atoms with Crippen molar-refractivity contribution in [2.24, 2.45) is 5.73 Å². The molecule has 21 heavy (non-hydrogen) atoms. The first kappa shape index (κ1) is 17.5. The first-order valence-corrected chi connectivity index (χ1v) is 7.52. The van der Waals surface area contributed by atoms with E-state index in [0.717, 1.165) is 12.2 Å². The van der Waals surface area contributed by atoms with E-state index in [1.807, 2.05) is 12.1 Å². The van der Waals surface area contributed by atoms with E-state index >= 15 is 0 Å². The Hall–Kier alpha value is -1.55. The quantitative estimate of drug-likeness (QED) is 0.840. The predicted molar refractivity (Wildman–Crippen MR) is 86.6 cm³/mol. The van der Waals surface area contributed by atoms with Crippen LogP contribution in [0.3, 0.4) is 0 Å². The normalized spacial score (nSPS) is 11.3. The molecule has 1 amide bonds. The molecule has 0 fully saturated rings. The molecule has 0 aliphatic heterocycles. The van der Waals surface area contributed by atoms with Crippen LogP contribution in [-0.4, -0.2) is 37.6 Å². The number of hydrogen-bond donors (Lipinski definition) is 1. The van der Waals surface area contributed by atoms with Gasteiger partial charge in [-0.2, -0.15) is 0 Å². The average molecular weight is 292 g/mol. The molecule has 4 heteroatoms. The third kappa shape index (κ3) is 6.17. The highest BCUT2D eigenvalue weighted by atomic mass is 16.5. The van der Waals surface area contributed by atoms with Crippen molar-refractivity contribution in [1.82, 2.24) is 4.90 Å². The maximum atomic E-state index is 11.8. The van der Waals surface area contributed by atoms with Gasteiger partial charge in [0.2, 0.25) is 5.91 Å². The molecular weight excluding hydrogens is 264 g/mol. The summed E-state index contributed by atoms with van der Waals surface area (Å²) in [7, 11) is 1.80. The van der Waals surface area contributed by atoms with Crippen LogP contribution >= 0.6 is 0 Å². The predicted octanol–water partition coefficient (Wildman–Crippen LogP) is 2.56. The SMILES string of the molecule is CN(CCCN)C(=O)CCOc1ccc(C(C)(C)C)cc1. The first-order valence-electron chi connectivity index (χ1n) is 7.52. The molecule has 0 aliphatic carbocycles. The van der Waals surface area contributed by atoms with Gasteiger partial charge < -0.3 is 15.4 Å². The van der Waals surface area contributed by atoms with E-state index in [-0.39, 0.29) is 11.3 Å². The van der Waals surface area contributed by atoms with Crippen molar-refractivity contribution >= 4 is 5.91 Å². The zero-order chi connectivity index (χ0) is 15.9. The van der Waals surface area contributed by atoms with E-state index in [9.17, 15) is 4.79 Å². The van der Waals surface area contributed by atoms with Gasteiger partial charge in [0.1, 0.15) is 5.75 Å². The molecule has 1 aromatic rings. The lowest BCUT2D eigenvalue weighted by Gasteiger charge is -2.19. The van der Waals surface area contributed by atoms with Crippen molar-refractivity contribution in [2.45, 2.75) is 39.0 Å². The van der Waals surface area contributed by atoms with Gasteiger partial charge in [-0.05, 0) is 36.1 Å². The Kier molecular flexibility index (Phi) is 6.69. The molecule has 118 valence electrons. The fraction of sp³-hybridized carbons (Fsp3) is 0.588. The largest absolute Gasteiger partial charge is 0.493 e. The molecule has 0 aromatic heterocycles. The molecule has 0 saturated carbocycles. The second-order valence-electron chi connectivity index (χ2n) is 6.33. The third-order valence-electron chi connectivity index (χ3n) is 3.43. The van der Waals surface area contributed by atoms with Gasteiger partial charge in [0.05, 0.1) is 13.0 Å². The molecule has 2 N–H and O–H groups in total. The summed E-state index contributed by atoms with van der Waals surface area (Å²) >= 11 is 0. The van der Waals surface area contributed by atoms with Gasteiger partial charge in [-0.3, -0.25) is 4.79 Å². The molecule has 0 aliphatic rings. The van der Waals surface area contributed by atoms with Crippen LogP contribution in [0.4, 0.5) is 0 Å². The lowest BCUT2D eigenvalue weighted by Crippen LogP contribution is -2.30. The van der Waals surface area contributed by atoms with Crippen molar-refractivity contribution in [1.29, 1.82) is 0 Å². The molecule has 0 radical (unpaired) electrons. The average Bonchev–Trinajstić information content (AvgIpc) is 2.44. The van der Waals surface area contributed by atoms with Crippen molar-refractivity contribution in [3.8, 4) is 5.75 Å². The van der Waals surface area contributed by atoms with Gasteiger partial charge in [-0.25, -0.2) is 0 Å². The monoisotopic (exact) mass is 292 g/mol. The zero-order valence-corrected chi connectivity index (χ0v) is 13.7. The maximum absolute atomic E-state index is 11.8. The Morgan fingerprint density at radius 3 is 2.38 bits per heavy atom. The second-order valence-corrected chi connectivity index (χ2v) is 6.33. The van der Waals surface area contributed by atoms with Crippen LogP contribution in [0.5, 0.6) is 5.75 Å². The fourth-order valence-corrected chi connectivity index (χ4v) is 1.95. The number of nitrogens with two attached hydrogens (primary N) is 1. The zero-order valence-electron chi connectivity index (χ0n) is 13.7. The van der Waals surface area contributed by atoms with Crippen molar-refractivity contribution < 1.29 is 9.53 Å². The Balaban J connectivity index is 2.37. The lowest BCUT2D eigenvalue weighted by atomic mass is 9.87. The molecule has 1 rings (SSSR count). The fourth-order valence-electron chi connectivity index (χ4n) is 1.95. The number of hydrogen-bond acceptors (Lipinski definition) is 3. The summed E-state index contributed by atoms with van der Waals surface area (Å²) in [6, 6.07) is 8.07. The van der Waals surface area contributed by atoms with Gasteiger partial charge in [0.15, 0.2) is 0 Å². The Labute approximate surface area is 128 Å². The van der Waals surface area contributed by atoms with Crippen LogP contribution in [0.25, 0.3) is 0 Å². The van der Waals surface area contributed by atoms with Crippen LogP contribution in [0, 0.1) is 0 Å². The van der Waals surface area contributed by atoms with Crippen LogP contribution in [0.2, 0.25) is 0 Å². The number of carbonyl (C=O) groups is 1. The van der Waals surface area contributed by atoms with Crippen LogP contribution in [-0.2, 0) is 10.2 Å². The molecule has 0 atom stereocenters. The topological polar surface area (TPSA) is 55.6 Å². The van der Waals surface area contributed by atoms with Crippen LogP contribution in [0.1, 0.15) is 39.2 Å². The molecule has 0 spiro atoms. The molecular formula is C17H28N2O2. The summed E-state index contributed by atoms with van der Waals surface area (Å²) in [4.78, 5) is 13.5. The van der Waals surface area contributed by atoms with E-state index in [1.165, 1.54) is 5.56 Å². The minimum atomic E-state index is 0.0924. The number of ether oxygens (including phenoxy) is 1. The molecule has 0 bridgehead atoms. The Morgan fingerprint density at radius 2 is 1.86 bits per heavy atom. The minimum Gasteiger partial charge on any atom is -0.493 e. The van der Waals surface area contributed by atoms with Gasteiger partial charge in [0.25, 0.3) is 0 Å². The molecule has 0 unspecified atom stereocenters. The van der Waals surface area contributed by atoms with Crippen molar-refractivity contribution in [3.05, 3.63) is 29.8 Å². The summed E-state index contributed by atoms with van der Waals surface area (Å²) in [6.07, 6.45) is 1.22. The van der Waals surface area contributed by atoms with E-state index in [1.54, 1.807) is 11.9 Å². The number of rotatable bonds is 7. The number of nitrogens with zero attached hydrogens (tertiary/aromatic N) is 1. The van der Waals surface area contributed by atoms with E-state index in [0.29, 0.717) is 26.1 Å². The Morgan fingerprint density at radius 1 is 1.24 bits per heavy atom. The van der Waals surface area contributed by atoms with Gasteiger partial charge >= 0.3 is 0 Å². The highest BCUT2D eigenvalue weighted by Gasteiger charge is 2.13. The Bertz CT molecular complexity index is 435. The van der Waals surface area contributed by atoms with E-state index < -0.39 is 0 Å². The van der Waals surface area contributed by atoms with Gasteiger partial charge in [-0.1, -0.05) is 32.9 Å². The van der Waals surface area contributed by atoms with Crippen LogP contribution < -0.4 is 10.5 Å². The summed E-state index contributed by atoms with van der Waals surface area (Å²) in [5.41, 5.74) is 6.84. The highest BCUT2D eigenvalue weighted by molar-refractivity contribution is 5.75. The maximum Gasteiger partial charge on any atom is 0.225 e. The lowest BCUT2D eigenvalue weighted by molar-refractivity contribution is -0.130. The second kappa shape index (κ2) is 8.03. The summed E-state index contributed by atoms with van der Waals surface area (Å²) in [5.74, 6) is 0.898. The third-order valence-corrected chi connectivity index (χ3v) is 3.43. The first-order chi connectivity index (χ1) is 9.84. The number of benzene rings is 1. The molecule has 4 nitrogen and oxygen atoms in total. The smallest absolute Gasteiger partial charge is 0.225 e. The van der Waals surface area contributed by atoms with E-state index in [2.05, 4.69) is 32.9 Å². The van der Waals surface area contributed by atoms with Crippen LogP contribution in [0.15, 0.2) is 24.3 Å². The standard InChI is InChI=1S/C17H28N2O2/c1-17(2,3)14-6-8-15(9-7-14)21-13-10-16(20)19(4)12-5-11-18/h6-9H,5,10-13,18H2,1-4H3. The minimum absolute atomic E-state index is 0.0924. The van der Waals surface area contributed by atoms with Crippen molar-refractivity contribution in [2.75, 3.05) is 26.7 Å². The molecule has 0 heterocycles. The number of carbonyl (C=O) groups excluding carboxylic acids is 1. The molecule has 1 aromatic carbocycles. The van der Waals surface area contributed by atoms with Gasteiger partial charge in [-0.15, -0.1) is 0 Å². The van der Waals surface area contributed by atoms with Crippen molar-refractivity contribution in [3.63, 3.8) is 0 Å². The number of amides is 1.